The monoisotopic (exact) mass is 386 g/mol. The summed E-state index contributed by atoms with van der Waals surface area (Å²) in [6.07, 6.45) is 0.675. The first kappa shape index (κ1) is 18.4. The van der Waals surface area contributed by atoms with Crippen LogP contribution >= 0.6 is 34.8 Å². The molecule has 0 atom stereocenters. The number of methoxy groups -OCH3 is 1. The Hall–Kier alpha value is -1.95. The maximum absolute atomic E-state index is 11.0. The number of carbonyl (C=O) groups is 1. The first-order valence-corrected chi connectivity index (χ1v) is 7.86. The normalized spacial score (nSPS) is 10.7. The smallest absolute Gasteiger partial charge is 0.427 e. The molecule has 1 amide bonds. The van der Waals surface area contributed by atoms with Crippen molar-refractivity contribution in [2.75, 3.05) is 7.11 Å². The zero-order chi connectivity index (χ0) is 17.5. The number of rotatable bonds is 5. The van der Waals surface area contributed by atoms with Crippen LogP contribution in [0.5, 0.6) is 5.75 Å². The third kappa shape index (κ3) is 5.30. The van der Waals surface area contributed by atoms with Crippen molar-refractivity contribution in [1.82, 2.24) is 5.43 Å². The molecule has 2 aromatic carbocycles. The number of hydrogen-bond acceptors (Lipinski definition) is 4. The van der Waals surface area contributed by atoms with E-state index in [1.165, 1.54) is 13.3 Å². The molecule has 1 N–H and O–H groups in total. The van der Waals surface area contributed by atoms with Crippen molar-refractivity contribution in [3.05, 3.63) is 62.6 Å². The van der Waals surface area contributed by atoms with E-state index in [9.17, 15) is 4.79 Å². The van der Waals surface area contributed by atoms with Gasteiger partial charge in [-0.3, -0.25) is 0 Å². The topological polar surface area (TPSA) is 59.9 Å². The third-order valence-electron chi connectivity index (χ3n) is 2.88. The number of hydrogen-bond donors (Lipinski definition) is 1. The molecule has 0 heterocycles. The molecule has 0 aliphatic heterocycles. The Labute approximate surface area is 154 Å². The highest BCUT2D eigenvalue weighted by atomic mass is 35.5. The second kappa shape index (κ2) is 8.78. The molecular formula is C16H13Cl3N2O3. The molecule has 0 bridgehead atoms. The lowest BCUT2D eigenvalue weighted by Gasteiger charge is -2.12. The van der Waals surface area contributed by atoms with Gasteiger partial charge in [-0.05, 0) is 29.8 Å². The number of halogens is 3. The van der Waals surface area contributed by atoms with Crippen LogP contribution in [0.1, 0.15) is 11.1 Å². The lowest BCUT2D eigenvalue weighted by atomic mass is 10.2. The molecule has 2 aromatic rings. The van der Waals surface area contributed by atoms with Gasteiger partial charge in [-0.2, -0.15) is 5.10 Å². The summed E-state index contributed by atoms with van der Waals surface area (Å²) in [6.45, 7) is 0.282. The molecule has 5 nitrogen and oxygen atoms in total. The minimum Gasteiger partial charge on any atom is -0.487 e. The van der Waals surface area contributed by atoms with E-state index in [4.69, 9.17) is 39.5 Å². The standard InChI is InChI=1S/C16H13Cl3N2O3/c1-23-16(22)21-20-8-11-6-13(18)7-14(19)15(11)24-9-10-2-4-12(17)5-3-10/h2-8H,9H2,1H3,(H,21,22). The zero-order valence-corrected chi connectivity index (χ0v) is 14.8. The van der Waals surface area contributed by atoms with E-state index in [0.29, 0.717) is 26.4 Å². The van der Waals surface area contributed by atoms with Crippen molar-refractivity contribution in [2.24, 2.45) is 5.10 Å². The molecule has 0 aliphatic rings. The molecule has 0 saturated heterocycles. The van der Waals surface area contributed by atoms with Crippen molar-refractivity contribution in [3.63, 3.8) is 0 Å². The van der Waals surface area contributed by atoms with E-state index >= 15 is 0 Å². The van der Waals surface area contributed by atoms with E-state index < -0.39 is 6.09 Å². The van der Waals surface area contributed by atoms with Gasteiger partial charge in [-0.1, -0.05) is 46.9 Å². The number of nitrogens with one attached hydrogen (secondary N) is 1. The molecule has 0 aliphatic carbocycles. The van der Waals surface area contributed by atoms with Crippen LogP contribution in [0.25, 0.3) is 0 Å². The average molecular weight is 388 g/mol. The van der Waals surface area contributed by atoms with Crippen LogP contribution in [0.4, 0.5) is 4.79 Å². The van der Waals surface area contributed by atoms with Crippen molar-refractivity contribution in [3.8, 4) is 5.75 Å². The van der Waals surface area contributed by atoms with E-state index in [1.807, 2.05) is 12.1 Å². The summed E-state index contributed by atoms with van der Waals surface area (Å²) in [7, 11) is 1.24. The van der Waals surface area contributed by atoms with Crippen LogP contribution in [-0.4, -0.2) is 19.4 Å². The number of nitrogens with zero attached hydrogens (tertiary/aromatic N) is 1. The van der Waals surface area contributed by atoms with Gasteiger partial charge in [-0.25, -0.2) is 10.2 Å². The van der Waals surface area contributed by atoms with Gasteiger partial charge in [0.05, 0.1) is 18.3 Å². The Morgan fingerprint density at radius 1 is 1.17 bits per heavy atom. The van der Waals surface area contributed by atoms with Gasteiger partial charge in [0.25, 0.3) is 0 Å². The Balaban J connectivity index is 2.18. The van der Waals surface area contributed by atoms with Crippen LogP contribution in [-0.2, 0) is 11.3 Å². The quantitative estimate of drug-likeness (QED) is 0.585. The Morgan fingerprint density at radius 3 is 2.54 bits per heavy atom. The number of benzene rings is 2. The summed E-state index contributed by atoms with van der Waals surface area (Å²) in [5.74, 6) is 0.395. The first-order valence-electron chi connectivity index (χ1n) is 6.73. The minimum atomic E-state index is -0.692. The predicted molar refractivity (Wildman–Crippen MR) is 95.4 cm³/mol. The maximum Gasteiger partial charge on any atom is 0.427 e. The van der Waals surface area contributed by atoms with Crippen molar-refractivity contribution < 1.29 is 14.3 Å². The lowest BCUT2D eigenvalue weighted by molar-refractivity contribution is 0.171. The van der Waals surface area contributed by atoms with Gasteiger partial charge in [0, 0.05) is 15.6 Å². The largest absolute Gasteiger partial charge is 0.487 e. The number of carbonyl (C=O) groups excluding carboxylic acids is 1. The van der Waals surface area contributed by atoms with Crippen LogP contribution in [0.3, 0.4) is 0 Å². The second-order valence-electron chi connectivity index (χ2n) is 4.58. The van der Waals surface area contributed by atoms with Gasteiger partial charge < -0.3 is 9.47 Å². The Bertz CT molecular complexity index is 749. The van der Waals surface area contributed by atoms with Gasteiger partial charge in [0.15, 0.2) is 0 Å². The van der Waals surface area contributed by atoms with Crippen molar-refractivity contribution in [1.29, 1.82) is 0 Å². The summed E-state index contributed by atoms with van der Waals surface area (Å²) < 4.78 is 10.2. The molecule has 0 saturated carbocycles. The number of ether oxygens (including phenoxy) is 2. The van der Waals surface area contributed by atoms with Crippen LogP contribution < -0.4 is 10.2 Å². The summed E-state index contributed by atoms with van der Waals surface area (Å²) in [6, 6.07) is 10.4. The average Bonchev–Trinajstić information content (AvgIpc) is 2.55. The summed E-state index contributed by atoms with van der Waals surface area (Å²) in [5, 5.41) is 5.15. The molecular weight excluding hydrogens is 375 g/mol. The molecule has 24 heavy (non-hydrogen) atoms. The Kier molecular flexibility index (Phi) is 6.73. The molecule has 2 rings (SSSR count). The summed E-state index contributed by atoms with van der Waals surface area (Å²) in [5.41, 5.74) is 3.61. The summed E-state index contributed by atoms with van der Waals surface area (Å²) in [4.78, 5) is 11.0. The maximum atomic E-state index is 11.0. The molecule has 126 valence electrons. The highest BCUT2D eigenvalue weighted by molar-refractivity contribution is 6.36. The van der Waals surface area contributed by atoms with Gasteiger partial charge >= 0.3 is 6.09 Å². The summed E-state index contributed by atoms with van der Waals surface area (Å²) >= 11 is 18.0. The van der Waals surface area contributed by atoms with Gasteiger partial charge in [0.2, 0.25) is 0 Å². The molecule has 0 spiro atoms. The molecule has 0 radical (unpaired) electrons. The van der Waals surface area contributed by atoms with Crippen LogP contribution in [0.2, 0.25) is 15.1 Å². The fourth-order valence-electron chi connectivity index (χ4n) is 1.76. The number of hydrazone groups is 1. The SMILES string of the molecule is COC(=O)NN=Cc1cc(Cl)cc(Cl)c1OCc1ccc(Cl)cc1. The highest BCUT2D eigenvalue weighted by Gasteiger charge is 2.10. The van der Waals surface area contributed by atoms with Crippen molar-refractivity contribution in [2.45, 2.75) is 6.61 Å². The molecule has 8 heteroatoms. The van der Waals surface area contributed by atoms with Gasteiger partial charge in [0.1, 0.15) is 12.4 Å². The van der Waals surface area contributed by atoms with Crippen LogP contribution in [0.15, 0.2) is 41.5 Å². The van der Waals surface area contributed by atoms with E-state index in [1.54, 1.807) is 24.3 Å². The first-order chi connectivity index (χ1) is 11.5. The predicted octanol–water partition coefficient (Wildman–Crippen LogP) is 4.92. The third-order valence-corrected chi connectivity index (χ3v) is 3.63. The van der Waals surface area contributed by atoms with Gasteiger partial charge in [-0.15, -0.1) is 0 Å². The molecule has 0 fully saturated rings. The Morgan fingerprint density at radius 2 is 1.88 bits per heavy atom. The van der Waals surface area contributed by atoms with Crippen molar-refractivity contribution >= 4 is 47.1 Å². The van der Waals surface area contributed by atoms with E-state index in [0.717, 1.165) is 5.56 Å². The fourth-order valence-corrected chi connectivity index (χ4v) is 2.45. The van der Waals surface area contributed by atoms with Crippen LogP contribution in [0, 0.1) is 0 Å². The lowest BCUT2D eigenvalue weighted by Crippen LogP contribution is -2.16. The molecule has 0 aromatic heterocycles. The zero-order valence-electron chi connectivity index (χ0n) is 12.6. The number of amides is 1. The second-order valence-corrected chi connectivity index (χ2v) is 5.86. The van der Waals surface area contributed by atoms with E-state index in [-0.39, 0.29) is 6.61 Å². The fraction of sp³-hybridized carbons (Fsp3) is 0.125. The molecule has 0 unspecified atom stereocenters. The minimum absolute atomic E-state index is 0.282. The highest BCUT2D eigenvalue weighted by Crippen LogP contribution is 2.32. The van der Waals surface area contributed by atoms with E-state index in [2.05, 4.69) is 15.3 Å².